The Labute approximate surface area is 101 Å². The summed E-state index contributed by atoms with van der Waals surface area (Å²) in [6.45, 7) is 6.01. The van der Waals surface area contributed by atoms with Crippen LogP contribution in [0.1, 0.15) is 18.1 Å². The van der Waals surface area contributed by atoms with Crippen LogP contribution in [0.4, 0.5) is 0 Å². The van der Waals surface area contributed by atoms with Gasteiger partial charge in [-0.25, -0.2) is 0 Å². The van der Waals surface area contributed by atoms with E-state index in [0.29, 0.717) is 12.1 Å². The van der Waals surface area contributed by atoms with Crippen molar-refractivity contribution < 1.29 is 4.79 Å². The number of hydrogen-bond acceptors (Lipinski definition) is 2. The number of hydrogen-bond donors (Lipinski definition) is 1. The van der Waals surface area contributed by atoms with Crippen LogP contribution in [0.5, 0.6) is 0 Å². The van der Waals surface area contributed by atoms with Gasteiger partial charge in [0.25, 0.3) is 0 Å². The van der Waals surface area contributed by atoms with Crippen LogP contribution >= 0.6 is 0 Å². The van der Waals surface area contributed by atoms with E-state index in [1.54, 1.807) is 24.3 Å². The number of rotatable bonds is 4. The van der Waals surface area contributed by atoms with Crippen LogP contribution in [0.25, 0.3) is 6.08 Å². The molecule has 3 heteroatoms. The van der Waals surface area contributed by atoms with Gasteiger partial charge in [-0.3, -0.25) is 4.79 Å². The SMILES string of the molecule is C=C(C)CNC(=O)/C=C/c1cccc(C#N)c1. The number of nitriles is 1. The predicted molar refractivity (Wildman–Crippen MR) is 68.0 cm³/mol. The first-order valence-corrected chi connectivity index (χ1v) is 5.22. The van der Waals surface area contributed by atoms with Crippen molar-refractivity contribution in [2.24, 2.45) is 0 Å². The predicted octanol–water partition coefficient (Wildman–Crippen LogP) is 2.26. The summed E-state index contributed by atoms with van der Waals surface area (Å²) in [4.78, 5) is 11.4. The number of benzene rings is 1. The van der Waals surface area contributed by atoms with Gasteiger partial charge in [-0.15, -0.1) is 0 Å². The Bertz CT molecular complexity index is 495. The molecule has 0 unspecified atom stereocenters. The number of nitrogens with one attached hydrogen (secondary N) is 1. The van der Waals surface area contributed by atoms with Gasteiger partial charge in [0.1, 0.15) is 0 Å². The third kappa shape index (κ3) is 4.80. The summed E-state index contributed by atoms with van der Waals surface area (Å²) < 4.78 is 0. The van der Waals surface area contributed by atoms with E-state index < -0.39 is 0 Å². The second-order valence-electron chi connectivity index (χ2n) is 3.75. The van der Waals surface area contributed by atoms with E-state index >= 15 is 0 Å². The molecule has 17 heavy (non-hydrogen) atoms. The summed E-state index contributed by atoms with van der Waals surface area (Å²) in [5.41, 5.74) is 2.31. The molecule has 3 nitrogen and oxygen atoms in total. The summed E-state index contributed by atoms with van der Waals surface area (Å²) in [6, 6.07) is 9.11. The zero-order valence-corrected chi connectivity index (χ0v) is 9.73. The fourth-order valence-electron chi connectivity index (χ4n) is 1.18. The molecule has 0 aliphatic heterocycles. The molecule has 0 saturated carbocycles. The summed E-state index contributed by atoms with van der Waals surface area (Å²) in [6.07, 6.45) is 3.12. The Morgan fingerprint density at radius 3 is 3.00 bits per heavy atom. The highest BCUT2D eigenvalue weighted by Crippen LogP contribution is 2.05. The normalized spacial score (nSPS) is 9.88. The average Bonchev–Trinajstić information content (AvgIpc) is 2.34. The number of amides is 1. The quantitative estimate of drug-likeness (QED) is 0.632. The van der Waals surface area contributed by atoms with E-state index in [-0.39, 0.29) is 5.91 Å². The van der Waals surface area contributed by atoms with Gasteiger partial charge in [-0.2, -0.15) is 5.26 Å². The molecular weight excluding hydrogens is 212 g/mol. The molecule has 0 bridgehead atoms. The zero-order chi connectivity index (χ0) is 12.7. The molecule has 0 aliphatic carbocycles. The highest BCUT2D eigenvalue weighted by Gasteiger charge is 1.95. The first-order chi connectivity index (χ1) is 8.11. The molecule has 1 N–H and O–H groups in total. The van der Waals surface area contributed by atoms with E-state index in [2.05, 4.69) is 11.9 Å². The molecule has 1 aromatic rings. The van der Waals surface area contributed by atoms with Crippen molar-refractivity contribution in [1.82, 2.24) is 5.32 Å². The fourth-order valence-corrected chi connectivity index (χ4v) is 1.18. The molecule has 0 fully saturated rings. The third-order valence-electron chi connectivity index (χ3n) is 2.01. The van der Waals surface area contributed by atoms with Crippen molar-refractivity contribution in [2.45, 2.75) is 6.92 Å². The van der Waals surface area contributed by atoms with E-state index in [0.717, 1.165) is 11.1 Å². The van der Waals surface area contributed by atoms with Gasteiger partial charge in [0.2, 0.25) is 5.91 Å². The largest absolute Gasteiger partial charge is 0.349 e. The lowest BCUT2D eigenvalue weighted by molar-refractivity contribution is -0.116. The summed E-state index contributed by atoms with van der Waals surface area (Å²) in [5.74, 6) is -0.171. The topological polar surface area (TPSA) is 52.9 Å². The van der Waals surface area contributed by atoms with Gasteiger partial charge in [0.15, 0.2) is 0 Å². The Morgan fingerprint density at radius 1 is 1.59 bits per heavy atom. The molecule has 0 atom stereocenters. The molecule has 1 aromatic carbocycles. The minimum atomic E-state index is -0.171. The van der Waals surface area contributed by atoms with Crippen LogP contribution in [-0.2, 0) is 4.79 Å². The zero-order valence-electron chi connectivity index (χ0n) is 9.73. The first kappa shape index (κ1) is 12.7. The van der Waals surface area contributed by atoms with E-state index in [4.69, 9.17) is 5.26 Å². The average molecular weight is 226 g/mol. The smallest absolute Gasteiger partial charge is 0.244 e. The number of nitrogens with zero attached hydrogens (tertiary/aromatic N) is 1. The van der Waals surface area contributed by atoms with Gasteiger partial charge in [-0.05, 0) is 30.7 Å². The summed E-state index contributed by atoms with van der Waals surface area (Å²) >= 11 is 0. The maximum absolute atomic E-state index is 11.4. The minimum absolute atomic E-state index is 0.171. The van der Waals surface area contributed by atoms with Gasteiger partial charge in [0, 0.05) is 12.6 Å². The monoisotopic (exact) mass is 226 g/mol. The third-order valence-corrected chi connectivity index (χ3v) is 2.01. The van der Waals surface area contributed by atoms with Crippen molar-refractivity contribution in [2.75, 3.05) is 6.54 Å². The van der Waals surface area contributed by atoms with Crippen LogP contribution in [0, 0.1) is 11.3 Å². The molecular formula is C14H14N2O. The molecule has 86 valence electrons. The van der Waals surface area contributed by atoms with Gasteiger partial charge >= 0.3 is 0 Å². The number of carbonyl (C=O) groups excluding carboxylic acids is 1. The first-order valence-electron chi connectivity index (χ1n) is 5.22. The van der Waals surface area contributed by atoms with Crippen LogP contribution in [0.3, 0.4) is 0 Å². The Kier molecular flexibility index (Phi) is 4.71. The Hall–Kier alpha value is -2.34. The molecule has 1 rings (SSSR count). The van der Waals surface area contributed by atoms with Crippen LogP contribution in [0.2, 0.25) is 0 Å². The maximum Gasteiger partial charge on any atom is 0.244 e. The highest BCUT2D eigenvalue weighted by atomic mass is 16.1. The second-order valence-corrected chi connectivity index (χ2v) is 3.75. The Balaban J connectivity index is 2.61. The molecule has 0 saturated heterocycles. The van der Waals surface area contributed by atoms with E-state index in [9.17, 15) is 4.79 Å². The molecule has 0 radical (unpaired) electrons. The molecule has 0 aliphatic rings. The van der Waals surface area contributed by atoms with Gasteiger partial charge < -0.3 is 5.32 Å². The van der Waals surface area contributed by atoms with Crippen LogP contribution < -0.4 is 5.32 Å². The summed E-state index contributed by atoms with van der Waals surface area (Å²) in [5, 5.41) is 11.4. The molecule has 0 heterocycles. The lowest BCUT2D eigenvalue weighted by atomic mass is 10.1. The lowest BCUT2D eigenvalue weighted by Gasteiger charge is -2.00. The van der Waals surface area contributed by atoms with E-state index in [1.807, 2.05) is 19.1 Å². The molecule has 0 spiro atoms. The lowest BCUT2D eigenvalue weighted by Crippen LogP contribution is -2.22. The highest BCUT2D eigenvalue weighted by molar-refractivity contribution is 5.91. The molecule has 0 aromatic heterocycles. The number of carbonyl (C=O) groups is 1. The van der Waals surface area contributed by atoms with Gasteiger partial charge in [-0.1, -0.05) is 24.3 Å². The van der Waals surface area contributed by atoms with Crippen molar-refractivity contribution in [3.8, 4) is 6.07 Å². The van der Waals surface area contributed by atoms with Crippen LogP contribution in [0.15, 0.2) is 42.5 Å². The van der Waals surface area contributed by atoms with Gasteiger partial charge in [0.05, 0.1) is 11.6 Å². The van der Waals surface area contributed by atoms with Crippen molar-refractivity contribution in [3.63, 3.8) is 0 Å². The summed E-state index contributed by atoms with van der Waals surface area (Å²) in [7, 11) is 0. The maximum atomic E-state index is 11.4. The van der Waals surface area contributed by atoms with Crippen LogP contribution in [-0.4, -0.2) is 12.5 Å². The fraction of sp³-hybridized carbons (Fsp3) is 0.143. The van der Waals surface area contributed by atoms with Crippen molar-refractivity contribution in [3.05, 3.63) is 53.6 Å². The van der Waals surface area contributed by atoms with Crippen molar-refractivity contribution in [1.29, 1.82) is 5.26 Å². The molecule has 1 amide bonds. The second kappa shape index (κ2) is 6.29. The van der Waals surface area contributed by atoms with Crippen molar-refractivity contribution >= 4 is 12.0 Å². The Morgan fingerprint density at radius 2 is 2.35 bits per heavy atom. The minimum Gasteiger partial charge on any atom is -0.349 e. The standard InChI is InChI=1S/C14H14N2O/c1-11(2)10-16-14(17)7-6-12-4-3-5-13(8-12)9-15/h3-8H,1,10H2,2H3,(H,16,17)/b7-6+. The van der Waals surface area contributed by atoms with E-state index in [1.165, 1.54) is 6.08 Å².